The molecule has 0 fully saturated rings. The fraction of sp³-hybridized carbons (Fsp3) is 0. The van der Waals surface area contributed by atoms with Gasteiger partial charge in [0.1, 0.15) is 0 Å². The van der Waals surface area contributed by atoms with Crippen LogP contribution in [0.4, 0.5) is 21.9 Å². The van der Waals surface area contributed by atoms with Crippen molar-refractivity contribution < 1.29 is 9.59 Å². The average molecular weight is 355 g/mol. The highest BCUT2D eigenvalue weighted by Crippen LogP contribution is 2.14. The van der Waals surface area contributed by atoms with E-state index < -0.39 is 0 Å². The minimum Gasteiger partial charge on any atom is -0.322 e. The Kier molecular flexibility index (Phi) is 5.51. The quantitative estimate of drug-likeness (QED) is 0.600. The summed E-state index contributed by atoms with van der Waals surface area (Å²) >= 11 is 0. The highest BCUT2D eigenvalue weighted by molar-refractivity contribution is 6.05. The van der Waals surface area contributed by atoms with E-state index in [-0.39, 0.29) is 11.9 Å². The highest BCUT2D eigenvalue weighted by Gasteiger charge is 2.08. The average Bonchev–Trinajstić information content (AvgIpc) is 2.69. The normalized spacial score (nSPS) is 9.74. The number of benzene rings is 3. The number of hydrogen-bond donors (Lipinski definition) is 3. The largest absolute Gasteiger partial charge is 0.323 e. The molecule has 3 amide bonds. The zero-order valence-electron chi connectivity index (χ0n) is 14.4. The highest BCUT2D eigenvalue weighted by atomic mass is 16.2. The van der Waals surface area contributed by atoms with Gasteiger partial charge in [0.25, 0.3) is 5.91 Å². The van der Waals surface area contributed by atoms with Crippen LogP contribution in [0.3, 0.4) is 0 Å². The van der Waals surface area contributed by atoms with Gasteiger partial charge in [-0.05, 0) is 54.6 Å². The predicted molar refractivity (Wildman–Crippen MR) is 108 cm³/mol. The first-order chi connectivity index (χ1) is 13.1. The second-order valence-corrected chi connectivity index (χ2v) is 5.70. The number of terminal acetylenes is 1. The molecular weight excluding hydrogens is 338 g/mol. The van der Waals surface area contributed by atoms with E-state index in [1.54, 1.807) is 60.7 Å². The van der Waals surface area contributed by atoms with E-state index in [0.717, 1.165) is 0 Å². The summed E-state index contributed by atoms with van der Waals surface area (Å²) in [7, 11) is 0. The molecule has 3 aromatic rings. The number of hydrogen-bond acceptors (Lipinski definition) is 2. The first-order valence-electron chi connectivity index (χ1n) is 8.25. The minimum absolute atomic E-state index is 0.260. The maximum atomic E-state index is 12.3. The molecule has 5 nitrogen and oxygen atoms in total. The van der Waals surface area contributed by atoms with Gasteiger partial charge in [0.15, 0.2) is 0 Å². The zero-order chi connectivity index (χ0) is 19.1. The summed E-state index contributed by atoms with van der Waals surface area (Å²) in [5, 5.41) is 8.23. The van der Waals surface area contributed by atoms with Gasteiger partial charge in [0.05, 0.1) is 0 Å². The molecule has 0 saturated carbocycles. The maximum absolute atomic E-state index is 12.3. The topological polar surface area (TPSA) is 70.2 Å². The standard InChI is InChI=1S/C22H17N3O2/c1-2-16-7-6-10-20(15-16)23-21(26)17-11-13-19(14-12-17)25-22(27)24-18-8-4-3-5-9-18/h1,3-15H,(H,23,26)(H2,24,25,27). The number of rotatable bonds is 4. The monoisotopic (exact) mass is 355 g/mol. The van der Waals surface area contributed by atoms with Crippen molar-refractivity contribution in [2.75, 3.05) is 16.0 Å². The summed E-state index contributed by atoms with van der Waals surface area (Å²) in [5.41, 5.74) is 3.06. The van der Waals surface area contributed by atoms with Crippen molar-refractivity contribution in [3.05, 3.63) is 90.0 Å². The minimum atomic E-state index is -0.357. The van der Waals surface area contributed by atoms with E-state index in [4.69, 9.17) is 6.42 Å². The molecule has 3 N–H and O–H groups in total. The van der Waals surface area contributed by atoms with Gasteiger partial charge < -0.3 is 16.0 Å². The Morgan fingerprint density at radius 3 is 2.00 bits per heavy atom. The van der Waals surface area contributed by atoms with Gasteiger partial charge in [-0.25, -0.2) is 4.79 Å². The number of nitrogens with one attached hydrogen (secondary N) is 3. The first kappa shape index (κ1) is 17.8. The molecule has 0 aliphatic carbocycles. The Labute approximate surface area is 157 Å². The third-order valence-corrected chi connectivity index (χ3v) is 3.72. The van der Waals surface area contributed by atoms with Crippen molar-refractivity contribution in [3.8, 4) is 12.3 Å². The van der Waals surface area contributed by atoms with Crippen LogP contribution in [0.1, 0.15) is 15.9 Å². The molecule has 132 valence electrons. The number of amides is 3. The fourth-order valence-corrected chi connectivity index (χ4v) is 2.41. The van der Waals surface area contributed by atoms with E-state index in [1.165, 1.54) is 0 Å². The SMILES string of the molecule is C#Cc1cccc(NC(=O)c2ccc(NC(=O)Nc3ccccc3)cc2)c1. The first-order valence-corrected chi connectivity index (χ1v) is 8.25. The summed E-state index contributed by atoms with van der Waals surface area (Å²) in [5.74, 6) is 2.27. The van der Waals surface area contributed by atoms with Crippen molar-refractivity contribution in [2.45, 2.75) is 0 Å². The van der Waals surface area contributed by atoms with Crippen LogP contribution in [0.15, 0.2) is 78.9 Å². The van der Waals surface area contributed by atoms with Crippen molar-refractivity contribution in [2.24, 2.45) is 0 Å². The molecule has 0 aliphatic heterocycles. The second kappa shape index (κ2) is 8.37. The molecule has 0 heterocycles. The maximum Gasteiger partial charge on any atom is 0.323 e. The molecule has 0 bridgehead atoms. The second-order valence-electron chi connectivity index (χ2n) is 5.70. The molecule has 3 aromatic carbocycles. The Balaban J connectivity index is 1.60. The number of carbonyl (C=O) groups excluding carboxylic acids is 2. The fourth-order valence-electron chi connectivity index (χ4n) is 2.41. The van der Waals surface area contributed by atoms with E-state index >= 15 is 0 Å². The molecule has 0 unspecified atom stereocenters. The Bertz CT molecular complexity index is 990. The third kappa shape index (κ3) is 4.97. The third-order valence-electron chi connectivity index (χ3n) is 3.72. The van der Waals surface area contributed by atoms with Gasteiger partial charge in [-0.3, -0.25) is 4.79 Å². The summed E-state index contributed by atoms with van der Waals surface area (Å²) in [6.07, 6.45) is 5.36. The smallest absolute Gasteiger partial charge is 0.322 e. The summed E-state index contributed by atoms with van der Waals surface area (Å²) in [4.78, 5) is 24.3. The van der Waals surface area contributed by atoms with Gasteiger partial charge in [-0.1, -0.05) is 30.2 Å². The van der Waals surface area contributed by atoms with Crippen LogP contribution in [0.25, 0.3) is 0 Å². The van der Waals surface area contributed by atoms with Gasteiger partial charge >= 0.3 is 6.03 Å². The number of para-hydroxylation sites is 1. The van der Waals surface area contributed by atoms with E-state index in [2.05, 4.69) is 21.9 Å². The Morgan fingerprint density at radius 1 is 0.704 bits per heavy atom. The molecule has 0 saturated heterocycles. The van der Waals surface area contributed by atoms with Crippen LogP contribution in [0, 0.1) is 12.3 Å². The van der Waals surface area contributed by atoms with E-state index in [1.807, 2.05) is 18.2 Å². The molecule has 0 spiro atoms. The summed E-state index contributed by atoms with van der Waals surface area (Å²) < 4.78 is 0. The van der Waals surface area contributed by atoms with Crippen molar-refractivity contribution >= 4 is 29.0 Å². The van der Waals surface area contributed by atoms with Gasteiger partial charge in [-0.15, -0.1) is 6.42 Å². The van der Waals surface area contributed by atoms with E-state index in [0.29, 0.717) is 28.2 Å². The lowest BCUT2D eigenvalue weighted by Crippen LogP contribution is -2.19. The lowest BCUT2D eigenvalue weighted by Gasteiger charge is -2.09. The molecule has 0 aliphatic rings. The van der Waals surface area contributed by atoms with Crippen LogP contribution in [-0.2, 0) is 0 Å². The van der Waals surface area contributed by atoms with Gasteiger partial charge in [0, 0.05) is 28.2 Å². The molecule has 0 radical (unpaired) electrons. The lowest BCUT2D eigenvalue weighted by atomic mass is 10.1. The van der Waals surface area contributed by atoms with Crippen molar-refractivity contribution in [1.82, 2.24) is 0 Å². The van der Waals surface area contributed by atoms with Crippen LogP contribution in [0.5, 0.6) is 0 Å². The Hall–Kier alpha value is -4.04. The molecule has 5 heteroatoms. The van der Waals surface area contributed by atoms with Crippen LogP contribution in [0.2, 0.25) is 0 Å². The summed E-state index contributed by atoms with van der Waals surface area (Å²) in [6.45, 7) is 0. The molecule has 0 aromatic heterocycles. The number of urea groups is 1. The van der Waals surface area contributed by atoms with Crippen molar-refractivity contribution in [1.29, 1.82) is 0 Å². The molecule has 0 atom stereocenters. The number of anilines is 3. The van der Waals surface area contributed by atoms with Crippen LogP contribution < -0.4 is 16.0 Å². The van der Waals surface area contributed by atoms with E-state index in [9.17, 15) is 9.59 Å². The van der Waals surface area contributed by atoms with Crippen LogP contribution in [-0.4, -0.2) is 11.9 Å². The molecule has 27 heavy (non-hydrogen) atoms. The zero-order valence-corrected chi connectivity index (χ0v) is 14.4. The van der Waals surface area contributed by atoms with Gasteiger partial charge in [0.2, 0.25) is 0 Å². The predicted octanol–water partition coefficient (Wildman–Crippen LogP) is 4.56. The molecular formula is C22H17N3O2. The number of carbonyl (C=O) groups is 2. The lowest BCUT2D eigenvalue weighted by molar-refractivity contribution is 0.102. The molecule has 3 rings (SSSR count). The van der Waals surface area contributed by atoms with Crippen molar-refractivity contribution in [3.63, 3.8) is 0 Å². The van der Waals surface area contributed by atoms with Gasteiger partial charge in [-0.2, -0.15) is 0 Å². The summed E-state index contributed by atoms with van der Waals surface area (Å²) in [6, 6.07) is 22.4. The van der Waals surface area contributed by atoms with Crippen LogP contribution >= 0.6 is 0 Å². The Morgan fingerprint density at radius 2 is 1.33 bits per heavy atom.